The molecule has 18 heavy (non-hydrogen) atoms. The van der Waals surface area contributed by atoms with Crippen LogP contribution in [0.2, 0.25) is 0 Å². The number of hydrogen-bond acceptors (Lipinski definition) is 4. The van der Waals surface area contributed by atoms with Crippen molar-refractivity contribution in [2.24, 2.45) is 0 Å². The fourth-order valence-electron chi connectivity index (χ4n) is 2.03. The zero-order valence-electron chi connectivity index (χ0n) is 11.6. The van der Waals surface area contributed by atoms with Crippen LogP contribution in [0.25, 0.3) is 0 Å². The Morgan fingerprint density at radius 1 is 1.33 bits per heavy atom. The molecule has 1 aliphatic rings. The van der Waals surface area contributed by atoms with E-state index in [0.29, 0.717) is 32.5 Å². The van der Waals surface area contributed by atoms with Gasteiger partial charge in [-0.1, -0.05) is 0 Å². The molecule has 0 aromatic carbocycles. The number of carboxylic acid groups (broad SMARTS) is 1. The number of ether oxygens (including phenoxy) is 1. The molecule has 1 rings (SSSR count). The third kappa shape index (κ3) is 4.92. The first kappa shape index (κ1) is 15.4. The van der Waals surface area contributed by atoms with Gasteiger partial charge in [-0.15, -0.1) is 0 Å². The molecular weight excluding hydrogens is 234 g/mol. The number of aliphatic carboxylic acids is 1. The van der Waals surface area contributed by atoms with Gasteiger partial charge in [-0.2, -0.15) is 0 Å². The van der Waals surface area contributed by atoms with Crippen molar-refractivity contribution in [3.63, 3.8) is 0 Å². The van der Waals surface area contributed by atoms with Gasteiger partial charge < -0.3 is 19.8 Å². The molecule has 2 N–H and O–H groups in total. The van der Waals surface area contributed by atoms with Crippen LogP contribution in [-0.4, -0.2) is 58.5 Å². The summed E-state index contributed by atoms with van der Waals surface area (Å²) in [5.74, 6) is -1.10. The van der Waals surface area contributed by atoms with E-state index in [1.165, 1.54) is 0 Å². The van der Waals surface area contributed by atoms with Gasteiger partial charge in [0, 0.05) is 26.2 Å². The van der Waals surface area contributed by atoms with Gasteiger partial charge in [-0.05, 0) is 40.0 Å². The highest BCUT2D eigenvalue weighted by Gasteiger charge is 2.39. The number of hydrogen-bond donors (Lipinski definition) is 2. The molecule has 0 spiro atoms. The lowest BCUT2D eigenvalue weighted by Gasteiger charge is -2.35. The van der Waals surface area contributed by atoms with E-state index < -0.39 is 11.6 Å². The minimum absolute atomic E-state index is 0.106. The van der Waals surface area contributed by atoms with Crippen LogP contribution in [0.15, 0.2) is 0 Å². The second kappa shape index (κ2) is 5.99. The molecule has 0 unspecified atom stereocenters. The topological polar surface area (TPSA) is 70.0 Å². The maximum Gasteiger partial charge on any atom is 0.335 e. The van der Waals surface area contributed by atoms with Crippen molar-refractivity contribution < 1.29 is 19.7 Å². The van der Waals surface area contributed by atoms with Crippen LogP contribution in [0.4, 0.5) is 0 Å². The third-order valence-corrected chi connectivity index (χ3v) is 3.24. The standard InChI is InChI=1S/C13H25NO4/c1-12(2,3)18-10-4-7-14-8-5-13(17,6-9-14)11(15)16/h17H,4-10H2,1-3H3,(H,15,16). The molecular formula is C13H25NO4. The van der Waals surface area contributed by atoms with E-state index in [1.54, 1.807) is 0 Å². The third-order valence-electron chi connectivity index (χ3n) is 3.24. The van der Waals surface area contributed by atoms with Crippen LogP contribution in [-0.2, 0) is 9.53 Å². The molecule has 106 valence electrons. The summed E-state index contributed by atoms with van der Waals surface area (Å²) in [5, 5.41) is 18.7. The quantitative estimate of drug-likeness (QED) is 0.724. The van der Waals surface area contributed by atoms with E-state index >= 15 is 0 Å². The number of aliphatic hydroxyl groups is 1. The van der Waals surface area contributed by atoms with Crippen molar-refractivity contribution in [1.29, 1.82) is 0 Å². The Kier molecular flexibility index (Phi) is 5.13. The Hall–Kier alpha value is -0.650. The largest absolute Gasteiger partial charge is 0.479 e. The lowest BCUT2D eigenvalue weighted by atomic mass is 9.91. The summed E-state index contributed by atoms with van der Waals surface area (Å²) in [7, 11) is 0. The van der Waals surface area contributed by atoms with Crippen molar-refractivity contribution >= 4 is 5.97 Å². The maximum absolute atomic E-state index is 10.9. The maximum atomic E-state index is 10.9. The fourth-order valence-corrected chi connectivity index (χ4v) is 2.03. The Bertz CT molecular complexity index is 277. The van der Waals surface area contributed by atoms with Gasteiger partial charge in [0.15, 0.2) is 5.60 Å². The van der Waals surface area contributed by atoms with E-state index in [4.69, 9.17) is 9.84 Å². The smallest absolute Gasteiger partial charge is 0.335 e. The average molecular weight is 259 g/mol. The molecule has 0 aromatic rings. The molecule has 1 saturated heterocycles. The van der Waals surface area contributed by atoms with Crippen molar-refractivity contribution in [1.82, 2.24) is 4.90 Å². The number of piperidine rings is 1. The highest BCUT2D eigenvalue weighted by Crippen LogP contribution is 2.22. The molecule has 0 aliphatic carbocycles. The van der Waals surface area contributed by atoms with E-state index in [0.717, 1.165) is 13.0 Å². The van der Waals surface area contributed by atoms with Gasteiger partial charge in [-0.25, -0.2) is 4.79 Å². The molecule has 0 radical (unpaired) electrons. The van der Waals surface area contributed by atoms with Gasteiger partial charge in [0.25, 0.3) is 0 Å². The minimum atomic E-state index is -1.52. The number of nitrogens with zero attached hydrogens (tertiary/aromatic N) is 1. The molecule has 0 saturated carbocycles. The van der Waals surface area contributed by atoms with Crippen molar-refractivity contribution in [3.8, 4) is 0 Å². The summed E-state index contributed by atoms with van der Waals surface area (Å²) >= 11 is 0. The van der Waals surface area contributed by atoms with Crippen LogP contribution in [0.5, 0.6) is 0 Å². The minimum Gasteiger partial charge on any atom is -0.479 e. The zero-order chi connectivity index (χ0) is 13.8. The predicted molar refractivity (Wildman–Crippen MR) is 68.6 cm³/mol. The summed E-state index contributed by atoms with van der Waals surface area (Å²) in [6.07, 6.45) is 1.55. The van der Waals surface area contributed by atoms with Crippen LogP contribution < -0.4 is 0 Å². The number of rotatable bonds is 5. The number of carbonyl (C=O) groups is 1. The molecule has 0 amide bonds. The highest BCUT2D eigenvalue weighted by molar-refractivity contribution is 5.77. The lowest BCUT2D eigenvalue weighted by molar-refractivity contribution is -0.163. The summed E-state index contributed by atoms with van der Waals surface area (Å²) < 4.78 is 5.63. The van der Waals surface area contributed by atoms with Gasteiger partial charge in [0.2, 0.25) is 0 Å². The Morgan fingerprint density at radius 3 is 2.33 bits per heavy atom. The average Bonchev–Trinajstić information content (AvgIpc) is 2.25. The first-order valence-corrected chi connectivity index (χ1v) is 6.55. The predicted octanol–water partition coefficient (Wildman–Crippen LogP) is 1.10. The van der Waals surface area contributed by atoms with Gasteiger partial charge in [-0.3, -0.25) is 0 Å². The highest BCUT2D eigenvalue weighted by atomic mass is 16.5. The number of likely N-dealkylation sites (tertiary alicyclic amines) is 1. The van der Waals surface area contributed by atoms with Crippen molar-refractivity contribution in [2.75, 3.05) is 26.2 Å². The zero-order valence-corrected chi connectivity index (χ0v) is 11.6. The van der Waals surface area contributed by atoms with Crippen molar-refractivity contribution in [2.45, 2.75) is 51.2 Å². The van der Waals surface area contributed by atoms with Crippen molar-refractivity contribution in [3.05, 3.63) is 0 Å². The van der Waals surface area contributed by atoms with E-state index in [9.17, 15) is 9.90 Å². The molecule has 1 heterocycles. The molecule has 5 nitrogen and oxygen atoms in total. The second-order valence-corrected chi connectivity index (χ2v) is 5.99. The van der Waals surface area contributed by atoms with E-state index in [-0.39, 0.29) is 5.60 Å². The molecule has 0 atom stereocenters. The first-order valence-electron chi connectivity index (χ1n) is 6.55. The monoisotopic (exact) mass is 259 g/mol. The Labute approximate surface area is 109 Å². The van der Waals surface area contributed by atoms with Gasteiger partial charge in [0.1, 0.15) is 0 Å². The van der Waals surface area contributed by atoms with Gasteiger partial charge in [0.05, 0.1) is 5.60 Å². The first-order chi connectivity index (χ1) is 8.23. The SMILES string of the molecule is CC(C)(C)OCCCN1CCC(O)(C(=O)O)CC1. The van der Waals surface area contributed by atoms with E-state index in [1.807, 2.05) is 20.8 Å². The molecule has 1 aliphatic heterocycles. The van der Waals surface area contributed by atoms with Crippen LogP contribution in [0.1, 0.15) is 40.0 Å². The summed E-state index contributed by atoms with van der Waals surface area (Å²) in [4.78, 5) is 13.0. The Morgan fingerprint density at radius 2 is 1.89 bits per heavy atom. The van der Waals surface area contributed by atoms with Crippen LogP contribution in [0, 0.1) is 0 Å². The number of carboxylic acids is 1. The molecule has 0 aromatic heterocycles. The second-order valence-electron chi connectivity index (χ2n) is 5.99. The summed E-state index contributed by atoms with van der Waals surface area (Å²) in [6, 6.07) is 0. The van der Waals surface area contributed by atoms with E-state index in [2.05, 4.69) is 4.90 Å². The lowest BCUT2D eigenvalue weighted by Crippen LogP contribution is -2.49. The van der Waals surface area contributed by atoms with Crippen LogP contribution >= 0.6 is 0 Å². The molecule has 0 bridgehead atoms. The molecule has 1 fully saturated rings. The van der Waals surface area contributed by atoms with Crippen LogP contribution in [0.3, 0.4) is 0 Å². The van der Waals surface area contributed by atoms with Gasteiger partial charge >= 0.3 is 5.97 Å². The fraction of sp³-hybridized carbons (Fsp3) is 0.923. The molecule has 5 heteroatoms. The summed E-state index contributed by atoms with van der Waals surface area (Å²) in [5.41, 5.74) is -1.62. The summed E-state index contributed by atoms with van der Waals surface area (Å²) in [6.45, 7) is 8.97. The normalized spacial score (nSPS) is 20.9. The Balaban J connectivity index is 2.18.